The van der Waals surface area contributed by atoms with Gasteiger partial charge in [0, 0.05) is 23.9 Å². The number of halogens is 1. The van der Waals surface area contributed by atoms with Crippen LogP contribution in [0.2, 0.25) is 5.15 Å². The Kier molecular flexibility index (Phi) is 3.08. The minimum Gasteiger partial charge on any atom is -0.508 e. The van der Waals surface area contributed by atoms with Crippen LogP contribution in [0, 0.1) is 0 Å². The van der Waals surface area contributed by atoms with Crippen molar-refractivity contribution in [3.8, 4) is 16.9 Å². The van der Waals surface area contributed by atoms with Crippen molar-refractivity contribution in [1.82, 2.24) is 4.98 Å². The number of aromatic hydroxyl groups is 1. The molecule has 0 fully saturated rings. The van der Waals surface area contributed by atoms with E-state index in [1.54, 1.807) is 24.4 Å². The van der Waals surface area contributed by atoms with Gasteiger partial charge in [0.25, 0.3) is 0 Å². The quantitative estimate of drug-likeness (QED) is 0.786. The van der Waals surface area contributed by atoms with Gasteiger partial charge in [-0.1, -0.05) is 23.7 Å². The fourth-order valence-corrected chi connectivity index (χ4v) is 1.66. The van der Waals surface area contributed by atoms with E-state index in [-0.39, 0.29) is 5.75 Å². The lowest BCUT2D eigenvalue weighted by Crippen LogP contribution is -1.98. The molecule has 0 radical (unpaired) electrons. The summed E-state index contributed by atoms with van der Waals surface area (Å²) in [6.07, 6.45) is 1.66. The minimum absolute atomic E-state index is 0.224. The van der Waals surface area contributed by atoms with Gasteiger partial charge in [-0.25, -0.2) is 4.98 Å². The largest absolute Gasteiger partial charge is 0.508 e. The van der Waals surface area contributed by atoms with Crippen LogP contribution in [0.4, 0.5) is 0 Å². The maximum absolute atomic E-state index is 9.38. The van der Waals surface area contributed by atoms with E-state index in [9.17, 15) is 5.11 Å². The molecule has 3 nitrogen and oxygen atoms in total. The fraction of sp³-hybridized carbons (Fsp3) is 0.0833. The van der Waals surface area contributed by atoms with Gasteiger partial charge in [-0.2, -0.15) is 0 Å². The summed E-state index contributed by atoms with van der Waals surface area (Å²) in [6, 6.07) is 8.85. The van der Waals surface area contributed by atoms with Gasteiger partial charge in [0.05, 0.1) is 0 Å². The summed E-state index contributed by atoms with van der Waals surface area (Å²) < 4.78 is 0. The second kappa shape index (κ2) is 4.51. The number of phenols is 1. The van der Waals surface area contributed by atoms with Crippen molar-refractivity contribution in [2.45, 2.75) is 6.54 Å². The molecule has 0 aliphatic heterocycles. The molecule has 1 aromatic carbocycles. The van der Waals surface area contributed by atoms with E-state index < -0.39 is 0 Å². The first-order valence-corrected chi connectivity index (χ1v) is 5.22. The third-order valence-corrected chi connectivity index (χ3v) is 2.65. The second-order valence-corrected chi connectivity index (χ2v) is 3.79. The van der Waals surface area contributed by atoms with Crippen LogP contribution in [0.5, 0.6) is 5.75 Å². The lowest BCUT2D eigenvalue weighted by Gasteiger charge is -2.05. The number of phenolic OH excluding ortho intramolecular Hbond substituents is 1. The molecule has 0 saturated heterocycles. The molecule has 0 aliphatic carbocycles. The molecule has 4 heteroatoms. The maximum atomic E-state index is 9.38. The lowest BCUT2D eigenvalue weighted by atomic mass is 10.1. The summed E-state index contributed by atoms with van der Waals surface area (Å²) in [5, 5.41) is 9.81. The smallest absolute Gasteiger partial charge is 0.133 e. The van der Waals surface area contributed by atoms with E-state index in [0.29, 0.717) is 11.7 Å². The molecule has 82 valence electrons. The van der Waals surface area contributed by atoms with Gasteiger partial charge in [-0.3, -0.25) is 0 Å². The number of rotatable bonds is 2. The Labute approximate surface area is 98.5 Å². The summed E-state index contributed by atoms with van der Waals surface area (Å²) >= 11 is 5.87. The molecule has 0 atom stereocenters. The highest BCUT2D eigenvalue weighted by atomic mass is 35.5. The van der Waals surface area contributed by atoms with Crippen molar-refractivity contribution in [1.29, 1.82) is 0 Å². The van der Waals surface area contributed by atoms with Gasteiger partial charge in [-0.15, -0.1) is 0 Å². The number of benzene rings is 1. The maximum Gasteiger partial charge on any atom is 0.133 e. The molecular formula is C12H11ClN2O. The Balaban J connectivity index is 2.48. The zero-order valence-electron chi connectivity index (χ0n) is 8.52. The van der Waals surface area contributed by atoms with E-state index in [1.807, 2.05) is 12.1 Å². The third-order valence-electron chi connectivity index (χ3n) is 2.31. The van der Waals surface area contributed by atoms with Gasteiger partial charge in [-0.05, 0) is 23.8 Å². The van der Waals surface area contributed by atoms with E-state index >= 15 is 0 Å². The third kappa shape index (κ3) is 2.15. The van der Waals surface area contributed by atoms with E-state index in [0.717, 1.165) is 16.7 Å². The summed E-state index contributed by atoms with van der Waals surface area (Å²) in [5.41, 5.74) is 8.13. The first kappa shape index (κ1) is 10.9. The van der Waals surface area contributed by atoms with E-state index in [4.69, 9.17) is 17.3 Å². The highest BCUT2D eigenvalue weighted by Crippen LogP contribution is 2.25. The van der Waals surface area contributed by atoms with Crippen molar-refractivity contribution >= 4 is 11.6 Å². The van der Waals surface area contributed by atoms with Gasteiger partial charge < -0.3 is 10.8 Å². The Morgan fingerprint density at radius 3 is 2.75 bits per heavy atom. The predicted molar refractivity (Wildman–Crippen MR) is 64.2 cm³/mol. The molecule has 0 saturated carbocycles. The minimum atomic E-state index is 0.224. The van der Waals surface area contributed by atoms with Gasteiger partial charge >= 0.3 is 0 Å². The molecule has 0 aliphatic rings. The van der Waals surface area contributed by atoms with Crippen LogP contribution in [-0.2, 0) is 6.54 Å². The highest BCUT2D eigenvalue weighted by molar-refractivity contribution is 6.30. The number of hydrogen-bond acceptors (Lipinski definition) is 3. The molecule has 0 unspecified atom stereocenters. The SMILES string of the molecule is NCc1cc(-c2cccc(O)c2)cnc1Cl. The summed E-state index contributed by atoms with van der Waals surface area (Å²) in [5.74, 6) is 0.224. The normalized spacial score (nSPS) is 10.4. The molecule has 1 heterocycles. The zero-order chi connectivity index (χ0) is 11.5. The monoisotopic (exact) mass is 234 g/mol. The number of hydrogen-bond donors (Lipinski definition) is 2. The first-order valence-electron chi connectivity index (χ1n) is 4.84. The average molecular weight is 235 g/mol. The van der Waals surface area contributed by atoms with Gasteiger partial charge in [0.1, 0.15) is 10.9 Å². The standard InChI is InChI=1S/C12H11ClN2O/c13-12-9(6-14)4-10(7-15-12)8-2-1-3-11(16)5-8/h1-5,7,16H,6,14H2. The number of nitrogens with two attached hydrogens (primary N) is 1. The van der Waals surface area contributed by atoms with Crippen LogP contribution >= 0.6 is 11.6 Å². The fourth-order valence-electron chi connectivity index (χ4n) is 1.48. The Morgan fingerprint density at radius 1 is 1.25 bits per heavy atom. The van der Waals surface area contributed by atoms with Crippen molar-refractivity contribution in [2.75, 3.05) is 0 Å². The zero-order valence-corrected chi connectivity index (χ0v) is 9.28. The summed E-state index contributed by atoms with van der Waals surface area (Å²) in [7, 11) is 0. The van der Waals surface area contributed by atoms with E-state index in [1.165, 1.54) is 0 Å². The molecule has 0 bridgehead atoms. The topological polar surface area (TPSA) is 59.1 Å². The molecule has 2 aromatic rings. The average Bonchev–Trinajstić information content (AvgIpc) is 2.29. The molecule has 3 N–H and O–H groups in total. The number of pyridine rings is 1. The van der Waals surface area contributed by atoms with Crippen LogP contribution < -0.4 is 5.73 Å². The summed E-state index contributed by atoms with van der Waals surface area (Å²) in [4.78, 5) is 4.06. The summed E-state index contributed by atoms with van der Waals surface area (Å²) in [6.45, 7) is 0.346. The van der Waals surface area contributed by atoms with Crippen molar-refractivity contribution in [3.05, 3.63) is 47.2 Å². The van der Waals surface area contributed by atoms with Crippen LogP contribution in [0.1, 0.15) is 5.56 Å². The first-order chi connectivity index (χ1) is 7.70. The van der Waals surface area contributed by atoms with Crippen molar-refractivity contribution in [2.24, 2.45) is 5.73 Å². The van der Waals surface area contributed by atoms with E-state index in [2.05, 4.69) is 4.98 Å². The molecule has 0 spiro atoms. The Hall–Kier alpha value is -1.58. The molecule has 1 aromatic heterocycles. The highest BCUT2D eigenvalue weighted by Gasteiger charge is 2.04. The van der Waals surface area contributed by atoms with Crippen molar-refractivity contribution in [3.63, 3.8) is 0 Å². The van der Waals surface area contributed by atoms with Crippen LogP contribution in [-0.4, -0.2) is 10.1 Å². The Morgan fingerprint density at radius 2 is 2.06 bits per heavy atom. The predicted octanol–water partition coefficient (Wildman–Crippen LogP) is 2.57. The lowest BCUT2D eigenvalue weighted by molar-refractivity contribution is 0.475. The van der Waals surface area contributed by atoms with Crippen molar-refractivity contribution < 1.29 is 5.11 Å². The number of aromatic nitrogens is 1. The molecule has 0 amide bonds. The van der Waals surface area contributed by atoms with Gasteiger partial charge in [0.15, 0.2) is 0 Å². The van der Waals surface area contributed by atoms with Crippen LogP contribution in [0.3, 0.4) is 0 Å². The molecular weight excluding hydrogens is 224 g/mol. The second-order valence-electron chi connectivity index (χ2n) is 3.43. The molecule has 16 heavy (non-hydrogen) atoms. The van der Waals surface area contributed by atoms with Crippen LogP contribution in [0.25, 0.3) is 11.1 Å². The van der Waals surface area contributed by atoms with Crippen LogP contribution in [0.15, 0.2) is 36.5 Å². The Bertz CT molecular complexity index is 514. The number of nitrogens with zero attached hydrogens (tertiary/aromatic N) is 1. The molecule has 2 rings (SSSR count). The van der Waals surface area contributed by atoms with Gasteiger partial charge in [0.2, 0.25) is 0 Å².